The summed E-state index contributed by atoms with van der Waals surface area (Å²) in [4.78, 5) is 39.5. The summed E-state index contributed by atoms with van der Waals surface area (Å²) < 4.78 is 5.37. The summed E-state index contributed by atoms with van der Waals surface area (Å²) in [6.07, 6.45) is 0.785. The van der Waals surface area contributed by atoms with Gasteiger partial charge >= 0.3 is 0 Å². The van der Waals surface area contributed by atoms with Crippen molar-refractivity contribution in [2.45, 2.75) is 19.9 Å². The van der Waals surface area contributed by atoms with Gasteiger partial charge in [-0.15, -0.1) is 0 Å². The van der Waals surface area contributed by atoms with Crippen molar-refractivity contribution in [3.8, 4) is 5.75 Å². The molecule has 6 heteroatoms. The molecule has 31 heavy (non-hydrogen) atoms. The van der Waals surface area contributed by atoms with E-state index in [2.05, 4.69) is 5.32 Å². The van der Waals surface area contributed by atoms with E-state index in [-0.39, 0.29) is 24.3 Å². The Morgan fingerprint density at radius 3 is 2.23 bits per heavy atom. The fraction of sp³-hybridized carbons (Fsp3) is 0.160. The van der Waals surface area contributed by atoms with Crippen molar-refractivity contribution in [1.29, 1.82) is 0 Å². The van der Waals surface area contributed by atoms with Gasteiger partial charge in [-0.2, -0.15) is 0 Å². The third kappa shape index (κ3) is 3.80. The number of para-hydroxylation sites is 1. The van der Waals surface area contributed by atoms with E-state index in [0.717, 1.165) is 17.7 Å². The second kappa shape index (κ2) is 8.44. The van der Waals surface area contributed by atoms with Gasteiger partial charge in [0.05, 0.1) is 30.3 Å². The van der Waals surface area contributed by atoms with Crippen LogP contribution < -0.4 is 10.1 Å². The standard InChI is InChI=1S/C25H22N2O4/c1-3-17-8-4-7-11-21(17)26-23(28)20-14-16(12-13-22(20)31-2)15-27-24(29)18-9-5-6-10-19(18)25(27)30/h4-14H,3,15H2,1-2H3,(H,26,28). The second-order valence-corrected chi connectivity index (χ2v) is 7.24. The Morgan fingerprint density at radius 1 is 0.935 bits per heavy atom. The number of imide groups is 1. The van der Waals surface area contributed by atoms with Gasteiger partial charge in [-0.1, -0.05) is 43.3 Å². The molecule has 3 aromatic rings. The molecule has 0 atom stereocenters. The van der Waals surface area contributed by atoms with Crippen LogP contribution in [0, 0.1) is 0 Å². The van der Waals surface area contributed by atoms with Gasteiger partial charge in [-0.25, -0.2) is 0 Å². The quantitative estimate of drug-likeness (QED) is 0.610. The van der Waals surface area contributed by atoms with Gasteiger partial charge in [-0.05, 0) is 47.9 Å². The molecule has 0 saturated carbocycles. The molecule has 1 aliphatic heterocycles. The SMILES string of the molecule is CCc1ccccc1NC(=O)c1cc(CN2C(=O)c3ccccc3C2=O)ccc1OC. The first kappa shape index (κ1) is 20.3. The summed E-state index contributed by atoms with van der Waals surface area (Å²) in [7, 11) is 1.50. The predicted octanol–water partition coefficient (Wildman–Crippen LogP) is 4.31. The van der Waals surface area contributed by atoms with Crippen LogP contribution in [0.3, 0.4) is 0 Å². The van der Waals surface area contributed by atoms with E-state index in [9.17, 15) is 14.4 Å². The normalized spacial score (nSPS) is 12.6. The van der Waals surface area contributed by atoms with Gasteiger partial charge in [0, 0.05) is 5.69 Å². The number of carbonyl (C=O) groups is 3. The average Bonchev–Trinajstić information content (AvgIpc) is 3.04. The Hall–Kier alpha value is -3.93. The van der Waals surface area contributed by atoms with Crippen LogP contribution in [0.2, 0.25) is 0 Å². The summed E-state index contributed by atoms with van der Waals surface area (Å²) in [5.41, 5.74) is 3.55. The van der Waals surface area contributed by atoms with Crippen molar-refractivity contribution < 1.29 is 19.1 Å². The van der Waals surface area contributed by atoms with Crippen LogP contribution in [-0.2, 0) is 13.0 Å². The molecule has 4 rings (SSSR count). The Labute approximate surface area is 180 Å². The number of carbonyl (C=O) groups excluding carboxylic acids is 3. The minimum Gasteiger partial charge on any atom is -0.496 e. The average molecular weight is 414 g/mol. The molecule has 0 spiro atoms. The lowest BCUT2D eigenvalue weighted by Gasteiger charge is -2.16. The molecule has 6 nitrogen and oxygen atoms in total. The van der Waals surface area contributed by atoms with Crippen LogP contribution in [0.25, 0.3) is 0 Å². The molecule has 1 aliphatic rings. The second-order valence-electron chi connectivity index (χ2n) is 7.24. The fourth-order valence-corrected chi connectivity index (χ4v) is 3.74. The Balaban J connectivity index is 1.60. The zero-order valence-electron chi connectivity index (χ0n) is 17.3. The highest BCUT2D eigenvalue weighted by Crippen LogP contribution is 2.27. The fourth-order valence-electron chi connectivity index (χ4n) is 3.74. The number of benzene rings is 3. The number of ether oxygens (including phenoxy) is 1. The van der Waals surface area contributed by atoms with Gasteiger partial charge in [0.1, 0.15) is 5.75 Å². The number of aryl methyl sites for hydroxylation is 1. The van der Waals surface area contributed by atoms with Gasteiger partial charge in [0.2, 0.25) is 0 Å². The van der Waals surface area contributed by atoms with E-state index in [4.69, 9.17) is 4.74 Å². The largest absolute Gasteiger partial charge is 0.496 e. The number of anilines is 1. The van der Waals surface area contributed by atoms with Crippen molar-refractivity contribution >= 4 is 23.4 Å². The molecule has 0 bridgehead atoms. The molecule has 156 valence electrons. The Bertz CT molecular complexity index is 1150. The van der Waals surface area contributed by atoms with Crippen LogP contribution in [0.1, 0.15) is 49.1 Å². The highest BCUT2D eigenvalue weighted by atomic mass is 16.5. The van der Waals surface area contributed by atoms with Crippen molar-refractivity contribution in [1.82, 2.24) is 4.90 Å². The lowest BCUT2D eigenvalue weighted by molar-refractivity contribution is 0.0642. The van der Waals surface area contributed by atoms with Crippen LogP contribution >= 0.6 is 0 Å². The van der Waals surface area contributed by atoms with Crippen molar-refractivity contribution in [2.75, 3.05) is 12.4 Å². The molecule has 0 aromatic heterocycles. The van der Waals surface area contributed by atoms with E-state index in [1.165, 1.54) is 12.0 Å². The molecule has 0 unspecified atom stereocenters. The van der Waals surface area contributed by atoms with Gasteiger partial charge in [0.15, 0.2) is 0 Å². The van der Waals surface area contributed by atoms with E-state index in [0.29, 0.717) is 28.0 Å². The Morgan fingerprint density at radius 2 is 1.58 bits per heavy atom. The molecule has 0 fully saturated rings. The van der Waals surface area contributed by atoms with E-state index in [1.807, 2.05) is 31.2 Å². The number of nitrogens with zero attached hydrogens (tertiary/aromatic N) is 1. The zero-order valence-corrected chi connectivity index (χ0v) is 17.3. The van der Waals surface area contributed by atoms with E-state index in [1.54, 1.807) is 42.5 Å². The summed E-state index contributed by atoms with van der Waals surface area (Å²) >= 11 is 0. The number of nitrogens with one attached hydrogen (secondary N) is 1. The van der Waals surface area contributed by atoms with Crippen LogP contribution in [-0.4, -0.2) is 29.7 Å². The van der Waals surface area contributed by atoms with Crippen molar-refractivity contribution in [3.05, 3.63) is 94.5 Å². The molecule has 1 N–H and O–H groups in total. The number of hydrogen-bond acceptors (Lipinski definition) is 4. The summed E-state index contributed by atoms with van der Waals surface area (Å²) in [6, 6.07) is 19.5. The summed E-state index contributed by atoms with van der Waals surface area (Å²) in [5.74, 6) is -0.571. The van der Waals surface area contributed by atoms with Gasteiger partial charge in [-0.3, -0.25) is 19.3 Å². The number of amides is 3. The lowest BCUT2D eigenvalue weighted by atomic mass is 10.1. The van der Waals surface area contributed by atoms with Crippen molar-refractivity contribution in [2.24, 2.45) is 0 Å². The third-order valence-electron chi connectivity index (χ3n) is 5.37. The smallest absolute Gasteiger partial charge is 0.261 e. The Kier molecular flexibility index (Phi) is 5.54. The van der Waals surface area contributed by atoms with E-state index >= 15 is 0 Å². The molecule has 1 heterocycles. The lowest BCUT2D eigenvalue weighted by Crippen LogP contribution is -2.29. The van der Waals surface area contributed by atoms with Gasteiger partial charge < -0.3 is 10.1 Å². The molecule has 0 saturated heterocycles. The molecular weight excluding hydrogens is 392 g/mol. The summed E-state index contributed by atoms with van der Waals surface area (Å²) in [6.45, 7) is 2.09. The van der Waals surface area contributed by atoms with Crippen molar-refractivity contribution in [3.63, 3.8) is 0 Å². The topological polar surface area (TPSA) is 75.7 Å². The first-order valence-corrected chi connectivity index (χ1v) is 10.0. The van der Waals surface area contributed by atoms with Crippen LogP contribution in [0.15, 0.2) is 66.7 Å². The van der Waals surface area contributed by atoms with E-state index < -0.39 is 0 Å². The summed E-state index contributed by atoms with van der Waals surface area (Å²) in [5, 5.41) is 2.94. The molecular formula is C25H22N2O4. The molecule has 0 radical (unpaired) electrons. The third-order valence-corrected chi connectivity index (χ3v) is 5.37. The van der Waals surface area contributed by atoms with Crippen LogP contribution in [0.5, 0.6) is 5.75 Å². The maximum absolute atomic E-state index is 13.0. The minimum atomic E-state index is -0.334. The number of fused-ring (bicyclic) bond motifs is 1. The maximum atomic E-state index is 13.0. The number of rotatable bonds is 6. The first-order valence-electron chi connectivity index (χ1n) is 10.0. The minimum absolute atomic E-state index is 0.0716. The molecule has 0 aliphatic carbocycles. The highest BCUT2D eigenvalue weighted by Gasteiger charge is 2.35. The maximum Gasteiger partial charge on any atom is 0.261 e. The highest BCUT2D eigenvalue weighted by molar-refractivity contribution is 6.21. The monoisotopic (exact) mass is 414 g/mol. The number of hydrogen-bond donors (Lipinski definition) is 1. The predicted molar refractivity (Wildman–Crippen MR) is 117 cm³/mol. The van der Waals surface area contributed by atoms with Crippen LogP contribution in [0.4, 0.5) is 5.69 Å². The molecule has 3 aromatic carbocycles. The number of methoxy groups -OCH3 is 1. The molecule has 3 amide bonds. The first-order chi connectivity index (χ1) is 15.0. The van der Waals surface area contributed by atoms with Gasteiger partial charge in [0.25, 0.3) is 17.7 Å². The zero-order chi connectivity index (χ0) is 22.0.